The number of hydrogen-bond acceptors (Lipinski definition) is 19. The molecule has 0 aliphatic carbocycles. The van der Waals surface area contributed by atoms with E-state index < -0.39 is 95.6 Å². The molecule has 1 aliphatic heterocycles. The van der Waals surface area contributed by atoms with Crippen LogP contribution in [-0.4, -0.2) is 134 Å². The van der Waals surface area contributed by atoms with Gasteiger partial charge < -0.3 is 56.0 Å². The first-order chi connectivity index (χ1) is 25.4. The predicted octanol–water partition coefficient (Wildman–Crippen LogP) is -1.69. The predicted molar refractivity (Wildman–Crippen MR) is 184 cm³/mol. The zero-order valence-corrected chi connectivity index (χ0v) is 32.1. The van der Waals surface area contributed by atoms with Gasteiger partial charge in [0.2, 0.25) is 16.9 Å². The molecule has 1 aliphatic rings. The van der Waals surface area contributed by atoms with Crippen molar-refractivity contribution in [2.45, 2.75) is 50.9 Å². The summed E-state index contributed by atoms with van der Waals surface area (Å²) in [6.07, 6.45) is -5.59. The Morgan fingerprint density at radius 2 is 1.73 bits per heavy atom. The molecule has 308 valence electrons. The highest BCUT2D eigenvalue weighted by Gasteiger charge is 2.50. The molecule has 26 nitrogen and oxygen atoms in total. The molecule has 11 N–H and O–H groups in total. The van der Waals surface area contributed by atoms with Crippen LogP contribution < -0.4 is 16.4 Å². The van der Waals surface area contributed by atoms with Gasteiger partial charge in [-0.1, -0.05) is 25.6 Å². The molecule has 2 unspecified atom stereocenters. The number of nitrogens with zero attached hydrogens (tertiary/aromatic N) is 4. The highest BCUT2D eigenvalue weighted by atomic mass is 32.2. The second-order valence-electron chi connectivity index (χ2n) is 11.9. The fourth-order valence-corrected chi connectivity index (χ4v) is 7.87. The van der Waals surface area contributed by atoms with Gasteiger partial charge in [0, 0.05) is 36.8 Å². The molecular formula is C25H38N7O19P3S. The standard InChI is InChI=1S/C25H38N7O19P3S/c1-25(2,20(38)23(39)28-6-5-14(33)27-7-8-55-16(36)4-3-15(34)35)10-48-54(45,46)51-53(43,44)47-9-13-19(50-52(40,41)42)18(37)24(49-13)32-12-31-17-21(26)29-11-30-22(17)32/h3-4,11-13,18-20,24,37-38H,5-10H2,1-2H3,(H,27,33)(H,28,39)(H,34,35)(H,43,44)(H,45,46)(H2,26,29,30)(H2,40,41,42)/b4-3+/t13-,18-,19-,20+,24-/m1/s1. The van der Waals surface area contributed by atoms with Crippen molar-refractivity contribution in [1.29, 1.82) is 0 Å². The molecule has 7 atom stereocenters. The highest BCUT2D eigenvalue weighted by molar-refractivity contribution is 8.14. The summed E-state index contributed by atoms with van der Waals surface area (Å²) in [5.74, 6) is -2.77. The minimum atomic E-state index is -5.59. The van der Waals surface area contributed by atoms with Crippen LogP contribution >= 0.6 is 35.2 Å². The Bertz CT molecular complexity index is 1890. The van der Waals surface area contributed by atoms with Crippen LogP contribution in [0.4, 0.5) is 5.82 Å². The number of hydrogen-bond donors (Lipinski definition) is 10. The molecule has 30 heteroatoms. The Morgan fingerprint density at radius 3 is 2.38 bits per heavy atom. The number of carbonyl (C=O) groups excluding carboxylic acids is 3. The SMILES string of the molecule is CC(C)(COP(=O)(O)OP(=O)(O)OC[C@H]1O[C@@H](n2cnc3c(N)ncnc32)[C@H](O)[C@@H]1OP(=O)(O)O)[C@@H](O)C(=O)NCCC(=O)NCCSC(=O)/C=C/C(=O)O. The van der Waals surface area contributed by atoms with Crippen molar-refractivity contribution in [2.24, 2.45) is 5.41 Å². The van der Waals surface area contributed by atoms with Gasteiger partial charge in [0.1, 0.15) is 36.3 Å². The van der Waals surface area contributed by atoms with Gasteiger partial charge in [0.05, 0.1) is 19.5 Å². The largest absolute Gasteiger partial charge is 0.481 e. The van der Waals surface area contributed by atoms with Crippen LogP contribution in [0.1, 0.15) is 26.5 Å². The number of aliphatic hydroxyl groups excluding tert-OH is 2. The number of imidazole rings is 1. The third kappa shape index (κ3) is 14.3. The van der Waals surface area contributed by atoms with Gasteiger partial charge in [0.15, 0.2) is 17.7 Å². The lowest BCUT2D eigenvalue weighted by Crippen LogP contribution is -2.46. The Morgan fingerprint density at radius 1 is 1.05 bits per heavy atom. The summed E-state index contributed by atoms with van der Waals surface area (Å²) in [4.78, 5) is 97.1. The van der Waals surface area contributed by atoms with Crippen molar-refractivity contribution >= 4 is 75.1 Å². The Labute approximate surface area is 314 Å². The number of rotatable bonds is 21. The summed E-state index contributed by atoms with van der Waals surface area (Å²) in [5, 5.41) is 34.1. The fourth-order valence-electron chi connectivity index (χ4n) is 4.47. The number of fused-ring (bicyclic) bond motifs is 1. The van der Waals surface area contributed by atoms with Gasteiger partial charge in [-0.25, -0.2) is 33.4 Å². The first kappa shape index (κ1) is 46.2. The van der Waals surface area contributed by atoms with E-state index in [-0.39, 0.29) is 42.2 Å². The Balaban J connectivity index is 1.50. The number of nitrogens with two attached hydrogens (primary N) is 1. The maximum atomic E-state index is 12.6. The van der Waals surface area contributed by atoms with Crippen LogP contribution in [0.3, 0.4) is 0 Å². The Kier molecular flexibility index (Phi) is 16.2. The number of carboxylic acids is 1. The van der Waals surface area contributed by atoms with Crippen LogP contribution in [0.15, 0.2) is 24.8 Å². The molecule has 3 rings (SSSR count). The number of thioether (sulfide) groups is 1. The van der Waals surface area contributed by atoms with Crippen molar-refractivity contribution in [3.05, 3.63) is 24.8 Å². The lowest BCUT2D eigenvalue weighted by Gasteiger charge is -2.30. The van der Waals surface area contributed by atoms with Gasteiger partial charge in [-0.15, -0.1) is 0 Å². The van der Waals surface area contributed by atoms with E-state index >= 15 is 0 Å². The molecule has 0 saturated carbocycles. The zero-order valence-electron chi connectivity index (χ0n) is 28.6. The summed E-state index contributed by atoms with van der Waals surface area (Å²) in [5.41, 5.74) is 4.19. The van der Waals surface area contributed by atoms with Gasteiger partial charge in [0.25, 0.3) is 0 Å². The second-order valence-corrected chi connectivity index (χ2v) is 17.2. The molecule has 55 heavy (non-hydrogen) atoms. The molecule has 1 fully saturated rings. The molecule has 2 aromatic heterocycles. The number of phosphoric ester groups is 3. The number of aliphatic hydroxyl groups is 2. The fraction of sp³-hybridized carbons (Fsp3) is 0.560. The molecule has 1 saturated heterocycles. The minimum Gasteiger partial charge on any atom is -0.478 e. The third-order valence-electron chi connectivity index (χ3n) is 7.11. The monoisotopic (exact) mass is 865 g/mol. The number of aliphatic carboxylic acids is 1. The van der Waals surface area contributed by atoms with E-state index in [0.29, 0.717) is 6.08 Å². The van der Waals surface area contributed by atoms with Gasteiger partial charge >= 0.3 is 29.4 Å². The van der Waals surface area contributed by atoms with Crippen LogP contribution in [0, 0.1) is 5.41 Å². The number of nitrogen functional groups attached to an aromatic ring is 1. The maximum Gasteiger partial charge on any atom is 0.481 e. The van der Waals surface area contributed by atoms with Crippen LogP contribution in [0.5, 0.6) is 0 Å². The summed E-state index contributed by atoms with van der Waals surface area (Å²) in [7, 11) is -16.4. The summed E-state index contributed by atoms with van der Waals surface area (Å²) in [6, 6.07) is 0. The van der Waals surface area contributed by atoms with Gasteiger partial charge in [-0.2, -0.15) is 4.31 Å². The zero-order chi connectivity index (χ0) is 41.4. The molecule has 2 amide bonds. The highest BCUT2D eigenvalue weighted by Crippen LogP contribution is 2.61. The quantitative estimate of drug-likeness (QED) is 0.0380. The van der Waals surface area contributed by atoms with Crippen molar-refractivity contribution in [3.63, 3.8) is 0 Å². The normalized spacial score (nSPS) is 21.9. The van der Waals surface area contributed by atoms with Crippen molar-refractivity contribution in [2.75, 3.05) is 37.8 Å². The number of aromatic nitrogens is 4. The van der Waals surface area contributed by atoms with E-state index in [0.717, 1.165) is 35.1 Å². The lowest BCUT2D eigenvalue weighted by atomic mass is 9.87. The van der Waals surface area contributed by atoms with E-state index in [1.165, 1.54) is 13.8 Å². The smallest absolute Gasteiger partial charge is 0.478 e. The number of anilines is 1. The number of phosphoric acid groups is 3. The van der Waals surface area contributed by atoms with E-state index in [1.54, 1.807) is 0 Å². The number of carbonyl (C=O) groups is 4. The molecule has 0 radical (unpaired) electrons. The van der Waals surface area contributed by atoms with Crippen molar-refractivity contribution in [1.82, 2.24) is 30.2 Å². The third-order valence-corrected chi connectivity index (χ3v) is 11.0. The van der Waals surface area contributed by atoms with Crippen LogP contribution in [0.2, 0.25) is 0 Å². The summed E-state index contributed by atoms with van der Waals surface area (Å²) >= 11 is 0.762. The van der Waals surface area contributed by atoms with E-state index in [2.05, 4.69) is 34.4 Å². The van der Waals surface area contributed by atoms with Crippen molar-refractivity contribution < 1.29 is 90.4 Å². The molecule has 0 bridgehead atoms. The van der Waals surface area contributed by atoms with E-state index in [1.807, 2.05) is 0 Å². The van der Waals surface area contributed by atoms with E-state index in [9.17, 15) is 62.7 Å². The first-order valence-corrected chi connectivity index (χ1v) is 20.9. The molecular weight excluding hydrogens is 827 g/mol. The minimum absolute atomic E-state index is 0.0182. The maximum absolute atomic E-state index is 12.6. The van der Waals surface area contributed by atoms with Crippen LogP contribution in [0.25, 0.3) is 11.2 Å². The van der Waals surface area contributed by atoms with Gasteiger partial charge in [-0.05, 0) is 6.08 Å². The summed E-state index contributed by atoms with van der Waals surface area (Å²) < 4.78 is 61.9. The second kappa shape index (κ2) is 19.3. The molecule has 2 aromatic rings. The number of amides is 2. The van der Waals surface area contributed by atoms with Crippen molar-refractivity contribution in [3.8, 4) is 0 Å². The number of ether oxygens (including phenoxy) is 1. The number of nitrogens with one attached hydrogen (secondary N) is 2. The van der Waals surface area contributed by atoms with E-state index in [4.69, 9.17) is 24.6 Å². The Hall–Kier alpha value is -3.23. The first-order valence-electron chi connectivity index (χ1n) is 15.4. The molecule has 0 aromatic carbocycles. The lowest BCUT2D eigenvalue weighted by molar-refractivity contribution is -0.137. The van der Waals surface area contributed by atoms with Crippen LogP contribution in [-0.2, 0) is 55.5 Å². The summed E-state index contributed by atoms with van der Waals surface area (Å²) in [6.45, 7) is 0.151. The van der Waals surface area contributed by atoms with Gasteiger partial charge in [-0.3, -0.25) is 32.5 Å². The molecule has 3 heterocycles. The number of carboxylic acid groups (broad SMARTS) is 1. The molecule has 0 spiro atoms. The average Bonchev–Trinajstić information content (AvgIpc) is 3.63. The average molecular weight is 866 g/mol. The topological polar surface area (TPSA) is 401 Å².